The van der Waals surface area contributed by atoms with Gasteiger partial charge in [0, 0.05) is 31.2 Å². The molecule has 1 aliphatic heterocycles. The summed E-state index contributed by atoms with van der Waals surface area (Å²) in [5.41, 5.74) is -0.0443. The van der Waals surface area contributed by atoms with Crippen LogP contribution in [0.1, 0.15) is 25.7 Å². The van der Waals surface area contributed by atoms with Gasteiger partial charge in [-0.25, -0.2) is 17.5 Å². The number of ether oxygens (including phenoxy) is 1. The van der Waals surface area contributed by atoms with Gasteiger partial charge in [-0.2, -0.15) is 0 Å². The normalized spacial score (nSPS) is 18.2. The standard InChI is InChI=1S/C17H19FN2O4S/c18-14-6-7-15(13-4-1-9-19-17(13)14)25(22,23)20-16(21)8-5-12-3-2-10-24-11-12/h1,4,6-7,9,12H,2-3,5,8,10-11H2,(H,20,21). The molecule has 25 heavy (non-hydrogen) atoms. The summed E-state index contributed by atoms with van der Waals surface area (Å²) in [6.07, 6.45) is 4.00. The second kappa shape index (κ2) is 7.45. The van der Waals surface area contributed by atoms with Crippen LogP contribution in [0.5, 0.6) is 0 Å². The molecule has 6 nitrogen and oxygen atoms in total. The maximum absolute atomic E-state index is 13.8. The summed E-state index contributed by atoms with van der Waals surface area (Å²) in [7, 11) is -4.09. The summed E-state index contributed by atoms with van der Waals surface area (Å²) in [5.74, 6) is -0.914. The summed E-state index contributed by atoms with van der Waals surface area (Å²) in [4.78, 5) is 15.8. The lowest BCUT2D eigenvalue weighted by Crippen LogP contribution is -2.31. The van der Waals surface area contributed by atoms with Gasteiger partial charge >= 0.3 is 0 Å². The first kappa shape index (κ1) is 17.8. The molecule has 1 aromatic carbocycles. The molecule has 1 N–H and O–H groups in total. The van der Waals surface area contributed by atoms with Gasteiger partial charge in [0.1, 0.15) is 11.3 Å². The minimum absolute atomic E-state index is 0.0443. The van der Waals surface area contributed by atoms with Crippen molar-refractivity contribution in [3.05, 3.63) is 36.3 Å². The summed E-state index contributed by atoms with van der Waals surface area (Å²) < 4.78 is 46.2. The number of aromatic nitrogens is 1. The first-order valence-electron chi connectivity index (χ1n) is 8.14. The van der Waals surface area contributed by atoms with Gasteiger partial charge in [-0.05, 0) is 49.4 Å². The molecule has 0 aliphatic carbocycles. The van der Waals surface area contributed by atoms with Crippen molar-refractivity contribution >= 4 is 26.8 Å². The van der Waals surface area contributed by atoms with Gasteiger partial charge in [0.25, 0.3) is 10.0 Å². The zero-order chi connectivity index (χ0) is 17.9. The third kappa shape index (κ3) is 4.13. The minimum Gasteiger partial charge on any atom is -0.381 e. The molecule has 1 aromatic heterocycles. The van der Waals surface area contributed by atoms with Crippen molar-refractivity contribution in [1.29, 1.82) is 0 Å². The number of nitrogens with zero attached hydrogens (tertiary/aromatic N) is 1. The van der Waals surface area contributed by atoms with Crippen molar-refractivity contribution in [2.75, 3.05) is 13.2 Å². The Kier molecular flexibility index (Phi) is 5.29. The maximum Gasteiger partial charge on any atom is 0.264 e. The fourth-order valence-electron chi connectivity index (χ4n) is 2.97. The quantitative estimate of drug-likeness (QED) is 0.878. The van der Waals surface area contributed by atoms with Crippen LogP contribution in [0.3, 0.4) is 0 Å². The van der Waals surface area contributed by atoms with Crippen LogP contribution >= 0.6 is 0 Å². The predicted octanol–water partition coefficient (Wildman–Crippen LogP) is 2.39. The molecule has 2 aromatic rings. The Morgan fingerprint density at radius 2 is 2.20 bits per heavy atom. The van der Waals surface area contributed by atoms with Crippen LogP contribution in [-0.2, 0) is 19.6 Å². The number of pyridine rings is 1. The monoisotopic (exact) mass is 366 g/mol. The van der Waals surface area contributed by atoms with Crippen LogP contribution in [0.2, 0.25) is 0 Å². The highest BCUT2D eigenvalue weighted by Gasteiger charge is 2.23. The molecule has 2 heterocycles. The van der Waals surface area contributed by atoms with E-state index < -0.39 is 21.7 Å². The highest BCUT2D eigenvalue weighted by atomic mass is 32.2. The maximum atomic E-state index is 13.8. The highest BCUT2D eigenvalue weighted by molar-refractivity contribution is 7.90. The number of benzene rings is 1. The van der Waals surface area contributed by atoms with E-state index in [9.17, 15) is 17.6 Å². The van der Waals surface area contributed by atoms with Crippen molar-refractivity contribution in [3.63, 3.8) is 0 Å². The first-order valence-corrected chi connectivity index (χ1v) is 9.62. The second-order valence-corrected chi connectivity index (χ2v) is 7.75. The van der Waals surface area contributed by atoms with Gasteiger partial charge in [0.05, 0.1) is 4.90 Å². The Bertz CT molecular complexity index is 879. The summed E-state index contributed by atoms with van der Waals surface area (Å²) >= 11 is 0. The third-order valence-electron chi connectivity index (χ3n) is 4.25. The van der Waals surface area contributed by atoms with E-state index in [1.165, 1.54) is 18.3 Å². The van der Waals surface area contributed by atoms with Crippen LogP contribution in [0.25, 0.3) is 10.9 Å². The van der Waals surface area contributed by atoms with Crippen LogP contribution in [0.4, 0.5) is 4.39 Å². The minimum atomic E-state index is -4.09. The summed E-state index contributed by atoms with van der Waals surface area (Å²) in [6.45, 7) is 1.34. The van der Waals surface area contributed by atoms with Crippen LogP contribution in [0, 0.1) is 11.7 Å². The second-order valence-electron chi connectivity index (χ2n) is 6.10. The SMILES string of the molecule is O=C(CCC1CCCOC1)NS(=O)(=O)c1ccc(F)c2ncccc12. The van der Waals surface area contributed by atoms with Gasteiger partial charge in [-0.15, -0.1) is 0 Å². The molecular weight excluding hydrogens is 347 g/mol. The largest absolute Gasteiger partial charge is 0.381 e. The number of halogens is 1. The van der Waals surface area contributed by atoms with Crippen molar-refractivity contribution in [1.82, 2.24) is 9.71 Å². The van der Waals surface area contributed by atoms with E-state index in [4.69, 9.17) is 4.74 Å². The number of hydrogen-bond donors (Lipinski definition) is 1. The fraction of sp³-hybridized carbons (Fsp3) is 0.412. The fourth-order valence-corrected chi connectivity index (χ4v) is 4.19. The predicted molar refractivity (Wildman–Crippen MR) is 89.8 cm³/mol. The van der Waals surface area contributed by atoms with E-state index in [2.05, 4.69) is 9.71 Å². The number of hydrogen-bond acceptors (Lipinski definition) is 5. The Morgan fingerprint density at radius 3 is 2.96 bits per heavy atom. The number of rotatable bonds is 5. The van der Waals surface area contributed by atoms with Gasteiger partial charge in [-0.1, -0.05) is 0 Å². The van der Waals surface area contributed by atoms with Crippen LogP contribution in [0.15, 0.2) is 35.4 Å². The molecule has 1 aliphatic rings. The lowest BCUT2D eigenvalue weighted by Gasteiger charge is -2.21. The van der Waals surface area contributed by atoms with E-state index in [1.54, 1.807) is 0 Å². The average Bonchev–Trinajstić information content (AvgIpc) is 2.61. The van der Waals surface area contributed by atoms with Crippen molar-refractivity contribution in [2.24, 2.45) is 5.92 Å². The Balaban J connectivity index is 1.73. The highest BCUT2D eigenvalue weighted by Crippen LogP contribution is 2.24. The third-order valence-corrected chi connectivity index (χ3v) is 5.68. The number of carbonyl (C=O) groups is 1. The topological polar surface area (TPSA) is 85.4 Å². The number of carbonyl (C=O) groups excluding carboxylic acids is 1. The molecule has 1 amide bonds. The van der Waals surface area contributed by atoms with E-state index in [0.29, 0.717) is 13.0 Å². The molecule has 0 spiro atoms. The molecule has 1 fully saturated rings. The average molecular weight is 366 g/mol. The van der Waals surface area contributed by atoms with Gasteiger partial charge < -0.3 is 4.74 Å². The summed E-state index contributed by atoms with van der Waals surface area (Å²) in [5, 5.41) is 0.142. The smallest absolute Gasteiger partial charge is 0.264 e. The molecular formula is C17H19FN2O4S. The van der Waals surface area contributed by atoms with E-state index in [1.807, 2.05) is 0 Å². The van der Waals surface area contributed by atoms with E-state index >= 15 is 0 Å². The van der Waals surface area contributed by atoms with Crippen LogP contribution < -0.4 is 4.72 Å². The molecule has 134 valence electrons. The zero-order valence-electron chi connectivity index (χ0n) is 13.6. The number of amides is 1. The summed E-state index contributed by atoms with van der Waals surface area (Å²) in [6, 6.07) is 5.16. The molecule has 8 heteroatoms. The number of nitrogens with one attached hydrogen (secondary N) is 1. The molecule has 0 radical (unpaired) electrons. The van der Waals surface area contributed by atoms with Crippen molar-refractivity contribution < 1.29 is 22.3 Å². The van der Waals surface area contributed by atoms with E-state index in [-0.39, 0.29) is 28.1 Å². The molecule has 1 atom stereocenters. The van der Waals surface area contributed by atoms with Crippen molar-refractivity contribution in [3.8, 4) is 0 Å². The number of fused-ring (bicyclic) bond motifs is 1. The molecule has 1 unspecified atom stereocenters. The zero-order valence-corrected chi connectivity index (χ0v) is 14.4. The van der Waals surface area contributed by atoms with E-state index in [0.717, 1.165) is 31.6 Å². The molecule has 1 saturated heterocycles. The molecule has 0 bridgehead atoms. The van der Waals surface area contributed by atoms with Gasteiger partial charge in [0.15, 0.2) is 0 Å². The van der Waals surface area contributed by atoms with Gasteiger partial charge in [-0.3, -0.25) is 9.78 Å². The molecule has 0 saturated carbocycles. The Hall–Kier alpha value is -2.06. The lowest BCUT2D eigenvalue weighted by atomic mass is 9.97. The number of sulfonamides is 1. The van der Waals surface area contributed by atoms with Crippen LogP contribution in [-0.4, -0.2) is 32.5 Å². The lowest BCUT2D eigenvalue weighted by molar-refractivity contribution is -0.119. The van der Waals surface area contributed by atoms with Crippen molar-refractivity contribution in [2.45, 2.75) is 30.6 Å². The van der Waals surface area contributed by atoms with Gasteiger partial charge in [0.2, 0.25) is 5.91 Å². The molecule has 3 rings (SSSR count). The first-order chi connectivity index (χ1) is 12.0. The Morgan fingerprint density at radius 1 is 1.36 bits per heavy atom. The Labute approximate surface area is 145 Å².